The second-order valence-corrected chi connectivity index (χ2v) is 9.49. The Balaban J connectivity index is 1.54. The van der Waals surface area contributed by atoms with Crippen molar-refractivity contribution in [3.63, 3.8) is 0 Å². The summed E-state index contributed by atoms with van der Waals surface area (Å²) in [6.45, 7) is 3.51. The van der Waals surface area contributed by atoms with Gasteiger partial charge in [-0.05, 0) is 48.2 Å². The standard InChI is InChI=1S/C22H26ClN3O4S/c1-2-21(18-6-8-19(23)9-7-18)24-25-22(27)12-5-17-3-10-20(11-4-17)31(28,29)26-13-15-30-16-14-26/h3-4,6-11H,2,5,12-16H2,1H3,(H,25,27)/b24-21+. The van der Waals surface area contributed by atoms with Crippen LogP contribution in [0, 0.1) is 0 Å². The molecule has 2 aromatic rings. The molecule has 2 aromatic carbocycles. The summed E-state index contributed by atoms with van der Waals surface area (Å²) in [5.41, 5.74) is 5.15. The Morgan fingerprint density at radius 3 is 2.35 bits per heavy atom. The predicted molar refractivity (Wildman–Crippen MR) is 121 cm³/mol. The van der Waals surface area contributed by atoms with Crippen LogP contribution in [0.2, 0.25) is 5.02 Å². The second kappa shape index (κ2) is 10.9. The summed E-state index contributed by atoms with van der Waals surface area (Å²) < 4.78 is 32.0. The van der Waals surface area contributed by atoms with Gasteiger partial charge in [0, 0.05) is 24.5 Å². The summed E-state index contributed by atoms with van der Waals surface area (Å²) in [7, 11) is -3.51. The van der Waals surface area contributed by atoms with Crippen molar-refractivity contribution >= 4 is 33.2 Å². The van der Waals surface area contributed by atoms with Gasteiger partial charge in [-0.1, -0.05) is 42.8 Å². The van der Waals surface area contributed by atoms with Gasteiger partial charge >= 0.3 is 0 Å². The first kappa shape index (κ1) is 23.4. The number of nitrogens with one attached hydrogen (secondary N) is 1. The van der Waals surface area contributed by atoms with Crippen LogP contribution in [0.3, 0.4) is 0 Å². The van der Waals surface area contributed by atoms with E-state index in [0.717, 1.165) is 16.8 Å². The highest BCUT2D eigenvalue weighted by Crippen LogP contribution is 2.18. The Hall–Kier alpha value is -2.26. The fourth-order valence-corrected chi connectivity index (χ4v) is 4.73. The highest BCUT2D eigenvalue weighted by Gasteiger charge is 2.26. The van der Waals surface area contributed by atoms with E-state index in [4.69, 9.17) is 16.3 Å². The normalized spacial score (nSPS) is 15.6. The van der Waals surface area contributed by atoms with Crippen molar-refractivity contribution in [2.24, 2.45) is 5.10 Å². The SMILES string of the molecule is CC/C(=N\NC(=O)CCc1ccc(S(=O)(=O)N2CCOCC2)cc1)c1ccc(Cl)cc1. The molecule has 166 valence electrons. The van der Waals surface area contributed by atoms with Crippen molar-refractivity contribution in [3.8, 4) is 0 Å². The van der Waals surface area contributed by atoms with E-state index >= 15 is 0 Å². The third-order valence-corrected chi connectivity index (χ3v) is 7.16. The number of hydrogen-bond donors (Lipinski definition) is 1. The number of sulfonamides is 1. The molecule has 1 aliphatic rings. The maximum atomic E-state index is 12.7. The molecule has 0 saturated carbocycles. The van der Waals surface area contributed by atoms with Crippen LogP contribution in [0.1, 0.15) is 30.9 Å². The predicted octanol–water partition coefficient (Wildman–Crippen LogP) is 3.22. The van der Waals surface area contributed by atoms with E-state index < -0.39 is 10.0 Å². The molecule has 0 bridgehead atoms. The molecule has 31 heavy (non-hydrogen) atoms. The minimum absolute atomic E-state index is 0.204. The van der Waals surface area contributed by atoms with Crippen LogP contribution in [-0.2, 0) is 26.0 Å². The highest BCUT2D eigenvalue weighted by molar-refractivity contribution is 7.89. The molecule has 1 fully saturated rings. The van der Waals surface area contributed by atoms with Crippen LogP contribution in [-0.4, -0.2) is 50.6 Å². The number of benzene rings is 2. The molecule has 0 spiro atoms. The van der Waals surface area contributed by atoms with Gasteiger partial charge in [0.2, 0.25) is 15.9 Å². The topological polar surface area (TPSA) is 88.1 Å². The van der Waals surface area contributed by atoms with Gasteiger partial charge in [0.15, 0.2) is 0 Å². The molecule has 0 aromatic heterocycles. The van der Waals surface area contributed by atoms with Crippen LogP contribution in [0.25, 0.3) is 0 Å². The van der Waals surface area contributed by atoms with Crippen molar-refractivity contribution in [1.82, 2.24) is 9.73 Å². The summed E-state index contributed by atoms with van der Waals surface area (Å²) in [5, 5.41) is 4.88. The first-order valence-electron chi connectivity index (χ1n) is 10.2. The summed E-state index contributed by atoms with van der Waals surface area (Å²) in [4.78, 5) is 12.5. The van der Waals surface area contributed by atoms with Gasteiger partial charge in [-0.15, -0.1) is 0 Å². The molecule has 7 nitrogen and oxygen atoms in total. The van der Waals surface area contributed by atoms with Gasteiger partial charge in [0.25, 0.3) is 0 Å². The Labute approximate surface area is 188 Å². The van der Waals surface area contributed by atoms with Gasteiger partial charge in [-0.3, -0.25) is 4.79 Å². The fourth-order valence-electron chi connectivity index (χ4n) is 3.20. The molecule has 0 aliphatic carbocycles. The van der Waals surface area contributed by atoms with Gasteiger partial charge < -0.3 is 4.74 Å². The van der Waals surface area contributed by atoms with E-state index in [9.17, 15) is 13.2 Å². The second-order valence-electron chi connectivity index (χ2n) is 7.11. The lowest BCUT2D eigenvalue weighted by Gasteiger charge is -2.26. The number of carbonyl (C=O) groups excluding carboxylic acids is 1. The molecule has 9 heteroatoms. The average molecular weight is 464 g/mol. The first-order chi connectivity index (χ1) is 14.9. The smallest absolute Gasteiger partial charge is 0.243 e. The molecule has 0 atom stereocenters. The molecule has 3 rings (SSSR count). The molecular weight excluding hydrogens is 438 g/mol. The number of rotatable bonds is 8. The van der Waals surface area contributed by atoms with Crippen molar-refractivity contribution in [1.29, 1.82) is 0 Å². The molecule has 1 saturated heterocycles. The minimum Gasteiger partial charge on any atom is -0.379 e. The van der Waals surface area contributed by atoms with Gasteiger partial charge in [-0.25, -0.2) is 13.8 Å². The van der Waals surface area contributed by atoms with E-state index in [0.29, 0.717) is 44.2 Å². The third kappa shape index (κ3) is 6.36. The van der Waals surface area contributed by atoms with Crippen LogP contribution in [0.15, 0.2) is 58.5 Å². The Morgan fingerprint density at radius 1 is 1.10 bits per heavy atom. The summed E-state index contributed by atoms with van der Waals surface area (Å²) in [5.74, 6) is -0.204. The Kier molecular flexibility index (Phi) is 8.20. The zero-order valence-corrected chi connectivity index (χ0v) is 19.0. The average Bonchev–Trinajstić information content (AvgIpc) is 2.80. The summed E-state index contributed by atoms with van der Waals surface area (Å²) >= 11 is 5.91. The zero-order valence-electron chi connectivity index (χ0n) is 17.4. The lowest BCUT2D eigenvalue weighted by molar-refractivity contribution is -0.121. The van der Waals surface area contributed by atoms with Gasteiger partial charge in [0.05, 0.1) is 23.8 Å². The summed E-state index contributed by atoms with van der Waals surface area (Å²) in [6.07, 6.45) is 1.40. The monoisotopic (exact) mass is 463 g/mol. The van der Waals surface area contributed by atoms with Crippen LogP contribution >= 0.6 is 11.6 Å². The van der Waals surface area contributed by atoms with Gasteiger partial charge in [0.1, 0.15) is 0 Å². The fraction of sp³-hybridized carbons (Fsp3) is 0.364. The van der Waals surface area contributed by atoms with Crippen molar-refractivity contribution in [3.05, 3.63) is 64.7 Å². The lowest BCUT2D eigenvalue weighted by atomic mass is 10.1. The van der Waals surface area contributed by atoms with E-state index in [1.165, 1.54) is 4.31 Å². The van der Waals surface area contributed by atoms with Crippen molar-refractivity contribution < 1.29 is 17.9 Å². The van der Waals surface area contributed by atoms with Crippen molar-refractivity contribution in [2.45, 2.75) is 31.1 Å². The third-order valence-electron chi connectivity index (χ3n) is 5.00. The number of morpholine rings is 1. The Morgan fingerprint density at radius 2 is 1.74 bits per heavy atom. The maximum Gasteiger partial charge on any atom is 0.243 e. The first-order valence-corrected chi connectivity index (χ1v) is 12.0. The molecule has 1 heterocycles. The number of carbonyl (C=O) groups is 1. The van der Waals surface area contributed by atoms with E-state index in [1.807, 2.05) is 19.1 Å². The molecule has 1 amide bonds. The maximum absolute atomic E-state index is 12.7. The lowest BCUT2D eigenvalue weighted by Crippen LogP contribution is -2.40. The molecule has 1 N–H and O–H groups in total. The van der Waals surface area contributed by atoms with E-state index in [2.05, 4.69) is 10.5 Å². The van der Waals surface area contributed by atoms with Crippen LogP contribution in [0.5, 0.6) is 0 Å². The number of halogens is 1. The molecule has 0 radical (unpaired) electrons. The van der Waals surface area contributed by atoms with E-state index in [1.54, 1.807) is 36.4 Å². The Bertz CT molecular complexity index is 1020. The number of hydrogen-bond acceptors (Lipinski definition) is 5. The molecule has 0 unspecified atom stereocenters. The zero-order chi connectivity index (χ0) is 22.3. The number of aryl methyl sites for hydroxylation is 1. The number of hydrazone groups is 1. The number of amides is 1. The van der Waals surface area contributed by atoms with Crippen molar-refractivity contribution in [2.75, 3.05) is 26.3 Å². The molecular formula is C22H26ClN3O4S. The van der Waals surface area contributed by atoms with Crippen LogP contribution in [0.4, 0.5) is 0 Å². The number of nitrogens with zero attached hydrogens (tertiary/aromatic N) is 2. The van der Waals surface area contributed by atoms with Crippen LogP contribution < -0.4 is 5.43 Å². The van der Waals surface area contributed by atoms with E-state index in [-0.39, 0.29) is 17.2 Å². The number of ether oxygens (including phenoxy) is 1. The quantitative estimate of drug-likeness (QED) is 0.481. The largest absolute Gasteiger partial charge is 0.379 e. The molecule has 1 aliphatic heterocycles. The minimum atomic E-state index is -3.51. The highest BCUT2D eigenvalue weighted by atomic mass is 35.5. The summed E-state index contributed by atoms with van der Waals surface area (Å²) in [6, 6.07) is 14.0. The van der Waals surface area contributed by atoms with Gasteiger partial charge in [-0.2, -0.15) is 9.41 Å².